The molecule has 1 aromatic carbocycles. The highest BCUT2D eigenvalue weighted by atomic mass is 35.5. The molecule has 0 bridgehead atoms. The van der Waals surface area contributed by atoms with Crippen molar-refractivity contribution >= 4 is 23.7 Å². The first kappa shape index (κ1) is 18.0. The highest BCUT2D eigenvalue weighted by molar-refractivity contribution is 7.15. The van der Waals surface area contributed by atoms with Crippen molar-refractivity contribution in [3.63, 3.8) is 0 Å². The number of pyridine rings is 1. The Bertz CT molecular complexity index is 778. The Kier molecular flexibility index (Phi) is 6.15. The molecular weight excluding hydrogens is 352 g/mol. The van der Waals surface area contributed by atoms with Gasteiger partial charge in [-0.05, 0) is 17.2 Å². The number of nitrogens with zero attached hydrogens (tertiary/aromatic N) is 3. The summed E-state index contributed by atoms with van der Waals surface area (Å²) in [5.74, 6) is 0. The fourth-order valence-electron chi connectivity index (χ4n) is 3.13. The summed E-state index contributed by atoms with van der Waals surface area (Å²) in [4.78, 5) is 12.7. The Morgan fingerprint density at radius 1 is 1.12 bits per heavy atom. The van der Waals surface area contributed by atoms with Gasteiger partial charge in [0.1, 0.15) is 5.01 Å². The second-order valence-corrected chi connectivity index (χ2v) is 7.08. The normalized spacial score (nSPS) is 17.8. The Morgan fingerprint density at radius 3 is 2.80 bits per heavy atom. The summed E-state index contributed by atoms with van der Waals surface area (Å²) in [6, 6.07) is 15.0. The van der Waals surface area contributed by atoms with E-state index >= 15 is 0 Å². The van der Waals surface area contributed by atoms with E-state index in [1.165, 1.54) is 21.0 Å². The summed E-state index contributed by atoms with van der Waals surface area (Å²) in [5, 5.41) is 4.66. The Hall–Kier alpha value is -1.79. The average molecular weight is 373 g/mol. The smallest absolute Gasteiger partial charge is 0.107 e. The van der Waals surface area contributed by atoms with Crippen LogP contribution >= 0.6 is 23.7 Å². The van der Waals surface area contributed by atoms with E-state index in [1.54, 1.807) is 11.3 Å². The van der Waals surface area contributed by atoms with Crippen LogP contribution in [0.4, 0.5) is 0 Å². The molecule has 0 aliphatic carbocycles. The first-order valence-electron chi connectivity index (χ1n) is 8.25. The second-order valence-electron chi connectivity index (χ2n) is 5.96. The number of nitrogens with one attached hydrogen (secondary N) is 1. The highest BCUT2D eigenvalue weighted by Crippen LogP contribution is 2.29. The number of hydrogen-bond acceptors (Lipinski definition) is 5. The van der Waals surface area contributed by atoms with Crippen molar-refractivity contribution in [1.82, 2.24) is 20.2 Å². The topological polar surface area (TPSA) is 41.1 Å². The summed E-state index contributed by atoms with van der Waals surface area (Å²) in [7, 11) is 0. The van der Waals surface area contributed by atoms with Gasteiger partial charge in [-0.2, -0.15) is 0 Å². The summed E-state index contributed by atoms with van der Waals surface area (Å²) in [6.45, 7) is 3.90. The van der Waals surface area contributed by atoms with E-state index in [1.807, 2.05) is 30.7 Å². The molecule has 3 aromatic rings. The van der Waals surface area contributed by atoms with Crippen molar-refractivity contribution in [1.29, 1.82) is 0 Å². The van der Waals surface area contributed by atoms with E-state index < -0.39 is 0 Å². The third-order valence-corrected chi connectivity index (χ3v) is 5.40. The molecule has 1 aliphatic rings. The molecule has 1 N–H and O–H groups in total. The fraction of sp³-hybridized carbons (Fsp3) is 0.263. The number of thiazole rings is 1. The Morgan fingerprint density at radius 2 is 2.00 bits per heavy atom. The number of piperazine rings is 1. The summed E-state index contributed by atoms with van der Waals surface area (Å²) < 4.78 is 0. The molecule has 3 heterocycles. The van der Waals surface area contributed by atoms with Crippen LogP contribution < -0.4 is 5.32 Å². The highest BCUT2D eigenvalue weighted by Gasteiger charge is 2.24. The SMILES string of the molecule is Cl.c1ccc(-c2cnc(CN3CCNCC3c3cccnc3)s2)cc1. The molecule has 6 heteroatoms. The van der Waals surface area contributed by atoms with E-state index in [-0.39, 0.29) is 12.4 Å². The molecule has 1 atom stereocenters. The molecule has 4 nitrogen and oxygen atoms in total. The Labute approximate surface area is 158 Å². The van der Waals surface area contributed by atoms with Gasteiger partial charge in [-0.1, -0.05) is 36.4 Å². The van der Waals surface area contributed by atoms with E-state index in [4.69, 9.17) is 0 Å². The van der Waals surface area contributed by atoms with E-state index in [9.17, 15) is 0 Å². The quantitative estimate of drug-likeness (QED) is 0.756. The summed E-state index contributed by atoms with van der Waals surface area (Å²) >= 11 is 1.79. The van der Waals surface area contributed by atoms with E-state index in [0.29, 0.717) is 6.04 Å². The molecule has 1 fully saturated rings. The van der Waals surface area contributed by atoms with Gasteiger partial charge < -0.3 is 5.32 Å². The third-order valence-electron chi connectivity index (χ3n) is 4.37. The van der Waals surface area contributed by atoms with E-state index in [0.717, 1.165) is 26.2 Å². The zero-order valence-corrected chi connectivity index (χ0v) is 15.5. The van der Waals surface area contributed by atoms with Gasteiger partial charge >= 0.3 is 0 Å². The van der Waals surface area contributed by atoms with Crippen LogP contribution in [0.1, 0.15) is 16.6 Å². The van der Waals surface area contributed by atoms with Gasteiger partial charge in [0, 0.05) is 44.3 Å². The van der Waals surface area contributed by atoms with Gasteiger partial charge in [-0.15, -0.1) is 23.7 Å². The first-order chi connectivity index (χ1) is 11.9. The molecule has 1 saturated heterocycles. The number of rotatable bonds is 4. The zero-order valence-electron chi connectivity index (χ0n) is 13.8. The maximum absolute atomic E-state index is 4.66. The lowest BCUT2D eigenvalue weighted by molar-refractivity contribution is 0.153. The summed E-state index contributed by atoms with van der Waals surface area (Å²) in [5.41, 5.74) is 2.51. The van der Waals surface area contributed by atoms with Crippen LogP contribution in [-0.4, -0.2) is 34.5 Å². The maximum atomic E-state index is 4.66. The van der Waals surface area contributed by atoms with Crippen LogP contribution in [0, 0.1) is 0 Å². The molecule has 0 spiro atoms. The molecule has 1 unspecified atom stereocenters. The fourth-order valence-corrected chi connectivity index (χ4v) is 4.08. The lowest BCUT2D eigenvalue weighted by Crippen LogP contribution is -2.45. The largest absolute Gasteiger partial charge is 0.314 e. The lowest BCUT2D eigenvalue weighted by atomic mass is 10.1. The van der Waals surface area contributed by atoms with Gasteiger partial charge in [-0.25, -0.2) is 4.98 Å². The van der Waals surface area contributed by atoms with Gasteiger partial charge in [0.15, 0.2) is 0 Å². The van der Waals surface area contributed by atoms with Gasteiger partial charge in [-0.3, -0.25) is 9.88 Å². The molecular formula is C19H21ClN4S. The molecule has 2 aromatic heterocycles. The van der Waals surface area contributed by atoms with Crippen molar-refractivity contribution in [3.8, 4) is 10.4 Å². The standard InChI is InChI=1S/C19H20N4S.ClH/c1-2-5-15(6-3-1)18-13-22-19(24-18)14-23-10-9-21-12-17(23)16-7-4-8-20-11-16;/h1-8,11,13,17,21H,9-10,12,14H2;1H. The molecule has 0 amide bonds. The van der Waals surface area contributed by atoms with Gasteiger partial charge in [0.2, 0.25) is 0 Å². The lowest BCUT2D eigenvalue weighted by Gasteiger charge is -2.35. The van der Waals surface area contributed by atoms with Crippen molar-refractivity contribution in [2.45, 2.75) is 12.6 Å². The minimum Gasteiger partial charge on any atom is -0.314 e. The molecule has 25 heavy (non-hydrogen) atoms. The number of aromatic nitrogens is 2. The molecule has 130 valence electrons. The minimum absolute atomic E-state index is 0. The molecule has 0 saturated carbocycles. The maximum Gasteiger partial charge on any atom is 0.107 e. The van der Waals surface area contributed by atoms with Crippen LogP contribution in [0.5, 0.6) is 0 Å². The van der Waals surface area contributed by atoms with Crippen LogP contribution in [0.2, 0.25) is 0 Å². The number of hydrogen-bond donors (Lipinski definition) is 1. The molecule has 4 rings (SSSR count). The van der Waals surface area contributed by atoms with Crippen molar-refractivity contribution in [3.05, 3.63) is 71.6 Å². The predicted octanol–water partition coefficient (Wildman–Crippen LogP) is 3.77. The first-order valence-corrected chi connectivity index (χ1v) is 9.06. The number of halogens is 1. The third kappa shape index (κ3) is 4.25. The molecule has 1 aliphatic heterocycles. The van der Waals surface area contributed by atoms with Crippen LogP contribution in [0.15, 0.2) is 61.1 Å². The van der Waals surface area contributed by atoms with Crippen molar-refractivity contribution in [2.24, 2.45) is 0 Å². The predicted molar refractivity (Wildman–Crippen MR) is 105 cm³/mol. The zero-order chi connectivity index (χ0) is 16.2. The van der Waals surface area contributed by atoms with E-state index in [2.05, 4.69) is 50.5 Å². The monoisotopic (exact) mass is 372 g/mol. The minimum atomic E-state index is 0. The average Bonchev–Trinajstić information content (AvgIpc) is 3.12. The summed E-state index contributed by atoms with van der Waals surface area (Å²) in [6.07, 6.45) is 5.80. The van der Waals surface area contributed by atoms with Gasteiger partial charge in [0.05, 0.1) is 11.4 Å². The Balaban J connectivity index is 0.00000182. The van der Waals surface area contributed by atoms with Crippen LogP contribution in [0.25, 0.3) is 10.4 Å². The van der Waals surface area contributed by atoms with Crippen molar-refractivity contribution in [2.75, 3.05) is 19.6 Å². The molecule has 0 radical (unpaired) electrons. The van der Waals surface area contributed by atoms with Crippen molar-refractivity contribution < 1.29 is 0 Å². The van der Waals surface area contributed by atoms with Crippen LogP contribution in [0.3, 0.4) is 0 Å². The van der Waals surface area contributed by atoms with Crippen LogP contribution in [-0.2, 0) is 6.54 Å². The van der Waals surface area contributed by atoms with Gasteiger partial charge in [0.25, 0.3) is 0 Å². The number of benzene rings is 1. The second kappa shape index (κ2) is 8.54.